The van der Waals surface area contributed by atoms with Crippen molar-refractivity contribution in [2.75, 3.05) is 13.1 Å². The van der Waals surface area contributed by atoms with E-state index in [0.717, 1.165) is 25.9 Å². The van der Waals surface area contributed by atoms with Crippen LogP contribution >= 0.6 is 0 Å². The molecule has 0 spiro atoms. The van der Waals surface area contributed by atoms with Crippen molar-refractivity contribution in [3.8, 4) is 0 Å². The second-order valence-electron chi connectivity index (χ2n) is 5.27. The Morgan fingerprint density at radius 3 is 2.68 bits per heavy atom. The van der Waals surface area contributed by atoms with Crippen molar-refractivity contribution in [3.63, 3.8) is 0 Å². The van der Waals surface area contributed by atoms with Gasteiger partial charge in [0.05, 0.1) is 0 Å². The van der Waals surface area contributed by atoms with Gasteiger partial charge in [-0.2, -0.15) is 0 Å². The van der Waals surface area contributed by atoms with Crippen LogP contribution in [0.5, 0.6) is 0 Å². The van der Waals surface area contributed by atoms with Gasteiger partial charge in [-0.25, -0.2) is 4.79 Å². The van der Waals surface area contributed by atoms with Crippen LogP contribution in [-0.2, 0) is 13.0 Å². The summed E-state index contributed by atoms with van der Waals surface area (Å²) >= 11 is 0. The lowest BCUT2D eigenvalue weighted by atomic mass is 10.2. The first-order chi connectivity index (χ1) is 9.04. The van der Waals surface area contributed by atoms with E-state index in [1.54, 1.807) is 10.8 Å². The number of aromatic nitrogens is 2. The number of hydrogen-bond donors (Lipinski definition) is 2. The van der Waals surface area contributed by atoms with Gasteiger partial charge in [-0.05, 0) is 38.3 Å². The molecule has 0 fully saturated rings. The largest absolute Gasteiger partial charge is 0.328 e. The van der Waals surface area contributed by atoms with E-state index in [2.05, 4.69) is 24.1 Å². The minimum absolute atomic E-state index is 0.262. The Morgan fingerprint density at radius 2 is 2.05 bits per heavy atom. The molecule has 0 saturated carbocycles. The molecule has 108 valence electrons. The maximum Gasteiger partial charge on any atom is 0.328 e. The molecule has 0 amide bonds. The molecule has 1 rings (SSSR count). The monoisotopic (exact) mass is 267 g/mol. The molecule has 0 aromatic carbocycles. The fourth-order valence-electron chi connectivity index (χ4n) is 1.90. The van der Waals surface area contributed by atoms with Gasteiger partial charge in [0.1, 0.15) is 0 Å². The van der Waals surface area contributed by atoms with E-state index in [9.17, 15) is 9.59 Å². The summed E-state index contributed by atoms with van der Waals surface area (Å²) in [6.07, 6.45) is 4.29. The van der Waals surface area contributed by atoms with Gasteiger partial charge in [-0.3, -0.25) is 9.78 Å². The first-order valence-electron chi connectivity index (χ1n) is 7.08. The summed E-state index contributed by atoms with van der Waals surface area (Å²) in [5.74, 6) is 0.661. The average Bonchev–Trinajstić information content (AvgIpc) is 2.35. The molecule has 0 bridgehead atoms. The highest BCUT2D eigenvalue weighted by atomic mass is 16.2. The summed E-state index contributed by atoms with van der Waals surface area (Å²) in [5, 5.41) is 3.37. The van der Waals surface area contributed by atoms with Crippen molar-refractivity contribution in [2.24, 2.45) is 5.92 Å². The number of unbranched alkanes of at least 4 members (excludes halogenated alkanes) is 1. The Labute approximate surface area is 114 Å². The molecule has 0 aliphatic carbocycles. The molecule has 1 aromatic heterocycles. The van der Waals surface area contributed by atoms with E-state index < -0.39 is 0 Å². The predicted molar refractivity (Wildman–Crippen MR) is 77.6 cm³/mol. The van der Waals surface area contributed by atoms with Crippen LogP contribution in [0.3, 0.4) is 0 Å². The minimum Gasteiger partial charge on any atom is -0.316 e. The van der Waals surface area contributed by atoms with Crippen molar-refractivity contribution in [2.45, 2.75) is 46.6 Å². The number of aromatic amines is 1. The third-order valence-corrected chi connectivity index (χ3v) is 3.02. The lowest BCUT2D eigenvalue weighted by molar-refractivity contribution is 0.512. The second kappa shape index (κ2) is 7.94. The van der Waals surface area contributed by atoms with E-state index in [-0.39, 0.29) is 11.2 Å². The zero-order valence-corrected chi connectivity index (χ0v) is 12.2. The molecule has 2 N–H and O–H groups in total. The van der Waals surface area contributed by atoms with Crippen molar-refractivity contribution in [1.29, 1.82) is 0 Å². The highest BCUT2D eigenvalue weighted by Crippen LogP contribution is 1.95. The van der Waals surface area contributed by atoms with E-state index >= 15 is 0 Å². The molecule has 19 heavy (non-hydrogen) atoms. The summed E-state index contributed by atoms with van der Waals surface area (Å²) in [5.41, 5.74) is 0.0947. The molecule has 5 heteroatoms. The van der Waals surface area contributed by atoms with Gasteiger partial charge in [0.25, 0.3) is 5.56 Å². The number of H-pyrrole nitrogens is 1. The van der Waals surface area contributed by atoms with Crippen LogP contribution in [0.15, 0.2) is 15.8 Å². The van der Waals surface area contributed by atoms with Crippen molar-refractivity contribution in [1.82, 2.24) is 14.9 Å². The molecular formula is C14H25N3O2. The van der Waals surface area contributed by atoms with E-state index in [1.807, 2.05) is 6.92 Å². The third kappa shape index (κ3) is 5.42. The van der Waals surface area contributed by atoms with Crippen LogP contribution < -0.4 is 16.6 Å². The van der Waals surface area contributed by atoms with Gasteiger partial charge >= 0.3 is 5.69 Å². The molecule has 5 nitrogen and oxygen atoms in total. The van der Waals surface area contributed by atoms with Crippen LogP contribution in [0.25, 0.3) is 0 Å². The van der Waals surface area contributed by atoms with Gasteiger partial charge in [0.2, 0.25) is 0 Å². The zero-order chi connectivity index (χ0) is 14.3. The third-order valence-electron chi connectivity index (χ3n) is 3.02. The van der Waals surface area contributed by atoms with Crippen LogP contribution in [0.4, 0.5) is 0 Å². The lowest BCUT2D eigenvalue weighted by Crippen LogP contribution is -2.31. The predicted octanol–water partition coefficient (Wildman–Crippen LogP) is 1.12. The molecule has 0 unspecified atom stereocenters. The fraction of sp³-hybridized carbons (Fsp3) is 0.714. The smallest absolute Gasteiger partial charge is 0.316 e. The molecular weight excluding hydrogens is 242 g/mol. The Kier molecular flexibility index (Phi) is 6.56. The van der Waals surface area contributed by atoms with Gasteiger partial charge in [-0.15, -0.1) is 0 Å². The van der Waals surface area contributed by atoms with Crippen molar-refractivity contribution in [3.05, 3.63) is 32.6 Å². The van der Waals surface area contributed by atoms with Crippen LogP contribution in [0.1, 0.15) is 39.2 Å². The van der Waals surface area contributed by atoms with Gasteiger partial charge in [0.15, 0.2) is 0 Å². The quantitative estimate of drug-likeness (QED) is 0.694. The summed E-state index contributed by atoms with van der Waals surface area (Å²) in [7, 11) is 0. The zero-order valence-electron chi connectivity index (χ0n) is 12.2. The summed E-state index contributed by atoms with van der Waals surface area (Å²) < 4.78 is 1.60. The topological polar surface area (TPSA) is 66.9 Å². The molecule has 0 atom stereocenters. The Hall–Kier alpha value is -1.36. The lowest BCUT2D eigenvalue weighted by Gasteiger charge is -2.08. The number of aryl methyl sites for hydroxylation is 2. The van der Waals surface area contributed by atoms with Crippen molar-refractivity contribution >= 4 is 0 Å². The number of hydrogen-bond acceptors (Lipinski definition) is 3. The molecule has 0 aliphatic heterocycles. The Balaban J connectivity index is 2.41. The van der Waals surface area contributed by atoms with Crippen molar-refractivity contribution < 1.29 is 0 Å². The number of rotatable bonds is 8. The van der Waals surface area contributed by atoms with Crippen LogP contribution in [-0.4, -0.2) is 22.6 Å². The number of nitrogens with one attached hydrogen (secondary N) is 2. The van der Waals surface area contributed by atoms with E-state index in [0.29, 0.717) is 24.4 Å². The molecule has 0 aliphatic rings. The number of nitrogens with zero attached hydrogens (tertiary/aromatic N) is 1. The van der Waals surface area contributed by atoms with Gasteiger partial charge in [-0.1, -0.05) is 20.8 Å². The molecule has 1 aromatic rings. The highest BCUT2D eigenvalue weighted by Gasteiger charge is 2.02. The molecule has 0 radical (unpaired) electrons. The first-order valence-corrected chi connectivity index (χ1v) is 7.08. The van der Waals surface area contributed by atoms with Crippen LogP contribution in [0, 0.1) is 5.92 Å². The minimum atomic E-state index is -0.308. The Bertz CT molecular complexity index is 488. The maximum atomic E-state index is 11.6. The normalized spacial score (nSPS) is 11.2. The summed E-state index contributed by atoms with van der Waals surface area (Å²) in [6.45, 7) is 8.93. The van der Waals surface area contributed by atoms with Gasteiger partial charge in [0, 0.05) is 18.3 Å². The SMILES string of the molecule is CCc1cn(CCCCNCC(C)C)c(=O)[nH]c1=O. The molecule has 0 saturated heterocycles. The molecule has 1 heterocycles. The Morgan fingerprint density at radius 1 is 1.32 bits per heavy atom. The standard InChI is InChI=1S/C14H25N3O2/c1-4-12-10-17(14(19)16-13(12)18)8-6-5-7-15-9-11(2)3/h10-11,15H,4-9H2,1-3H3,(H,16,18,19). The van der Waals surface area contributed by atoms with E-state index in [1.165, 1.54) is 0 Å². The second-order valence-corrected chi connectivity index (χ2v) is 5.27. The van der Waals surface area contributed by atoms with Gasteiger partial charge < -0.3 is 9.88 Å². The van der Waals surface area contributed by atoms with Crippen LogP contribution in [0.2, 0.25) is 0 Å². The fourth-order valence-corrected chi connectivity index (χ4v) is 1.90. The maximum absolute atomic E-state index is 11.6. The van der Waals surface area contributed by atoms with E-state index in [4.69, 9.17) is 0 Å². The highest BCUT2D eigenvalue weighted by molar-refractivity contribution is 5.03. The average molecular weight is 267 g/mol. The summed E-state index contributed by atoms with van der Waals surface area (Å²) in [4.78, 5) is 25.4. The first kappa shape index (κ1) is 15.7. The summed E-state index contributed by atoms with van der Waals surface area (Å²) in [6, 6.07) is 0.